The van der Waals surface area contributed by atoms with E-state index in [4.69, 9.17) is 5.73 Å². The van der Waals surface area contributed by atoms with Crippen molar-refractivity contribution in [3.63, 3.8) is 0 Å². The van der Waals surface area contributed by atoms with Crippen LogP contribution in [0.4, 0.5) is 0 Å². The lowest BCUT2D eigenvalue weighted by atomic mass is 10.1. The lowest BCUT2D eigenvalue weighted by Crippen LogP contribution is -2.58. The second-order valence-corrected chi connectivity index (χ2v) is 8.68. The molecular weight excluding hydrogens is 472 g/mol. The van der Waals surface area contributed by atoms with Gasteiger partial charge < -0.3 is 26.8 Å². The van der Waals surface area contributed by atoms with Gasteiger partial charge in [0.05, 0.1) is 6.04 Å². The molecule has 0 fully saturated rings. The molecule has 1 aromatic carbocycles. The molecule has 1 aromatic rings. The zero-order valence-electron chi connectivity index (χ0n) is 17.7. The Morgan fingerprint density at radius 3 is 2.03 bits per heavy atom. The molecule has 0 heterocycles. The SMILES string of the molecule is CSCCC(NC(=O)C(N)CS)C(=O)NC(CS)C(=O)NC(Cc1ccccc1)C(=O)O. The van der Waals surface area contributed by atoms with Gasteiger partial charge in [-0.25, -0.2) is 4.79 Å². The third-order valence-corrected chi connectivity index (χ3v) is 5.89. The number of hydrogen-bond acceptors (Lipinski definition) is 8. The van der Waals surface area contributed by atoms with Gasteiger partial charge in [0, 0.05) is 17.9 Å². The fraction of sp³-hybridized carbons (Fsp3) is 0.500. The first kappa shape index (κ1) is 28.1. The minimum Gasteiger partial charge on any atom is -0.480 e. The van der Waals surface area contributed by atoms with E-state index >= 15 is 0 Å². The van der Waals surface area contributed by atoms with Crippen molar-refractivity contribution in [2.75, 3.05) is 23.5 Å². The fourth-order valence-electron chi connectivity index (χ4n) is 2.65. The number of thioether (sulfide) groups is 1. The summed E-state index contributed by atoms with van der Waals surface area (Å²) in [6, 6.07) is 4.82. The summed E-state index contributed by atoms with van der Waals surface area (Å²) in [6.45, 7) is 0. The fourth-order valence-corrected chi connectivity index (χ4v) is 3.55. The van der Waals surface area contributed by atoms with Crippen molar-refractivity contribution in [1.82, 2.24) is 16.0 Å². The molecular formula is C20H30N4O5S3. The number of rotatable bonds is 14. The van der Waals surface area contributed by atoms with Gasteiger partial charge in [-0.3, -0.25) is 14.4 Å². The van der Waals surface area contributed by atoms with E-state index < -0.39 is 47.9 Å². The van der Waals surface area contributed by atoms with Crippen LogP contribution in [0.2, 0.25) is 0 Å². The average Bonchev–Trinajstić information content (AvgIpc) is 2.79. The van der Waals surface area contributed by atoms with Gasteiger partial charge in [-0.15, -0.1) is 0 Å². The van der Waals surface area contributed by atoms with Crippen LogP contribution >= 0.6 is 37.0 Å². The van der Waals surface area contributed by atoms with E-state index in [9.17, 15) is 24.3 Å². The Morgan fingerprint density at radius 2 is 1.50 bits per heavy atom. The third kappa shape index (κ3) is 9.72. The van der Waals surface area contributed by atoms with E-state index in [2.05, 4.69) is 41.2 Å². The van der Waals surface area contributed by atoms with Crippen molar-refractivity contribution in [1.29, 1.82) is 0 Å². The summed E-state index contributed by atoms with van der Waals surface area (Å²) in [5, 5.41) is 17.1. The molecule has 0 bridgehead atoms. The predicted molar refractivity (Wildman–Crippen MR) is 132 cm³/mol. The summed E-state index contributed by atoms with van der Waals surface area (Å²) in [5.74, 6) is -2.35. The lowest BCUT2D eigenvalue weighted by molar-refractivity contribution is -0.142. The van der Waals surface area contributed by atoms with Crippen molar-refractivity contribution in [3.8, 4) is 0 Å². The van der Waals surface area contributed by atoms with Crippen LogP contribution in [0.5, 0.6) is 0 Å². The molecule has 6 N–H and O–H groups in total. The van der Waals surface area contributed by atoms with Gasteiger partial charge in [-0.1, -0.05) is 30.3 Å². The highest BCUT2D eigenvalue weighted by Gasteiger charge is 2.29. The number of carbonyl (C=O) groups excluding carboxylic acids is 3. The Balaban J connectivity index is 2.83. The molecule has 0 saturated carbocycles. The van der Waals surface area contributed by atoms with Gasteiger partial charge in [0.15, 0.2) is 0 Å². The molecule has 0 spiro atoms. The maximum absolute atomic E-state index is 12.8. The van der Waals surface area contributed by atoms with Crippen LogP contribution in [-0.2, 0) is 25.6 Å². The number of carboxylic acids is 1. The summed E-state index contributed by atoms with van der Waals surface area (Å²) >= 11 is 9.59. The number of nitrogens with two attached hydrogens (primary N) is 1. The minimum absolute atomic E-state index is 0.0609. The molecule has 32 heavy (non-hydrogen) atoms. The number of nitrogens with one attached hydrogen (secondary N) is 3. The first-order valence-electron chi connectivity index (χ1n) is 9.87. The summed E-state index contributed by atoms with van der Waals surface area (Å²) in [4.78, 5) is 49.2. The normalized spacial score (nSPS) is 14.5. The summed E-state index contributed by atoms with van der Waals surface area (Å²) in [7, 11) is 0. The average molecular weight is 503 g/mol. The van der Waals surface area contributed by atoms with Crippen LogP contribution in [0.15, 0.2) is 30.3 Å². The molecule has 9 nitrogen and oxygen atoms in total. The highest BCUT2D eigenvalue weighted by molar-refractivity contribution is 7.98. The maximum Gasteiger partial charge on any atom is 0.326 e. The Morgan fingerprint density at radius 1 is 0.938 bits per heavy atom. The van der Waals surface area contributed by atoms with Crippen LogP contribution in [-0.4, -0.2) is 76.5 Å². The zero-order chi connectivity index (χ0) is 24.1. The molecule has 0 aromatic heterocycles. The van der Waals surface area contributed by atoms with E-state index in [0.29, 0.717) is 12.2 Å². The summed E-state index contributed by atoms with van der Waals surface area (Å²) < 4.78 is 0. The second-order valence-electron chi connectivity index (χ2n) is 6.96. The third-order valence-electron chi connectivity index (χ3n) is 4.49. The number of hydrogen-bond donors (Lipinski definition) is 7. The lowest BCUT2D eigenvalue weighted by Gasteiger charge is -2.24. The Labute approximate surface area is 202 Å². The van der Waals surface area contributed by atoms with E-state index in [0.717, 1.165) is 5.56 Å². The van der Waals surface area contributed by atoms with Crippen LogP contribution in [0.1, 0.15) is 12.0 Å². The molecule has 4 atom stereocenters. The van der Waals surface area contributed by atoms with Crippen molar-refractivity contribution in [2.24, 2.45) is 5.73 Å². The minimum atomic E-state index is -1.20. The van der Waals surface area contributed by atoms with Crippen molar-refractivity contribution >= 4 is 60.7 Å². The number of aliphatic carboxylic acids is 1. The van der Waals surface area contributed by atoms with Gasteiger partial charge in [0.2, 0.25) is 17.7 Å². The first-order valence-corrected chi connectivity index (χ1v) is 12.5. The Kier molecular flexibility index (Phi) is 13.2. The molecule has 178 valence electrons. The molecule has 0 aliphatic heterocycles. The number of thiol groups is 2. The Bertz CT molecular complexity index is 769. The predicted octanol–water partition coefficient (Wildman–Crippen LogP) is -0.292. The highest BCUT2D eigenvalue weighted by atomic mass is 32.2. The number of amides is 3. The van der Waals surface area contributed by atoms with Crippen LogP contribution in [0, 0.1) is 0 Å². The highest BCUT2D eigenvalue weighted by Crippen LogP contribution is 2.06. The van der Waals surface area contributed by atoms with E-state index in [1.807, 2.05) is 6.26 Å². The monoisotopic (exact) mass is 502 g/mol. The number of carboxylic acid groups (broad SMARTS) is 1. The van der Waals surface area contributed by atoms with E-state index in [1.54, 1.807) is 30.3 Å². The van der Waals surface area contributed by atoms with Crippen LogP contribution in [0.25, 0.3) is 0 Å². The van der Waals surface area contributed by atoms with E-state index in [1.165, 1.54) is 11.8 Å². The molecule has 12 heteroatoms. The maximum atomic E-state index is 12.8. The molecule has 1 rings (SSSR count). The van der Waals surface area contributed by atoms with Gasteiger partial charge in [0.25, 0.3) is 0 Å². The molecule has 3 amide bonds. The van der Waals surface area contributed by atoms with Gasteiger partial charge >= 0.3 is 5.97 Å². The molecule has 0 aliphatic carbocycles. The molecule has 0 aliphatic rings. The van der Waals surface area contributed by atoms with Crippen molar-refractivity contribution in [2.45, 2.75) is 37.0 Å². The van der Waals surface area contributed by atoms with Crippen LogP contribution < -0.4 is 21.7 Å². The van der Waals surface area contributed by atoms with Crippen LogP contribution in [0.3, 0.4) is 0 Å². The van der Waals surface area contributed by atoms with Gasteiger partial charge in [-0.05, 0) is 24.0 Å². The standard InChI is InChI=1S/C20H30N4O5S3/c1-32-8-7-14(22-17(25)13(21)10-30)18(26)24-16(11-31)19(27)23-15(20(28)29)9-12-5-3-2-4-6-12/h2-6,13-16,30-31H,7-11,21H2,1H3,(H,22,25)(H,23,27)(H,24,26)(H,28,29). The smallest absolute Gasteiger partial charge is 0.326 e. The van der Waals surface area contributed by atoms with Crippen molar-refractivity contribution < 1.29 is 24.3 Å². The topological polar surface area (TPSA) is 151 Å². The molecule has 0 radical (unpaired) electrons. The zero-order valence-corrected chi connectivity index (χ0v) is 20.3. The summed E-state index contributed by atoms with van der Waals surface area (Å²) in [6.07, 6.45) is 2.27. The van der Waals surface area contributed by atoms with Gasteiger partial charge in [-0.2, -0.15) is 37.0 Å². The number of carbonyl (C=O) groups is 4. The number of benzene rings is 1. The largest absolute Gasteiger partial charge is 0.480 e. The second kappa shape index (κ2) is 15.0. The first-order chi connectivity index (χ1) is 15.2. The quantitative estimate of drug-likeness (QED) is 0.173. The van der Waals surface area contributed by atoms with Gasteiger partial charge in [0.1, 0.15) is 18.1 Å². The Hall–Kier alpha value is -1.89. The summed E-state index contributed by atoms with van der Waals surface area (Å²) in [5.41, 5.74) is 6.40. The van der Waals surface area contributed by atoms with Crippen molar-refractivity contribution in [3.05, 3.63) is 35.9 Å². The molecule has 0 saturated heterocycles. The van der Waals surface area contributed by atoms with E-state index in [-0.39, 0.29) is 17.9 Å². The molecule has 4 unspecified atom stereocenters.